The molecule has 2 rings (SSSR count). The van der Waals surface area contributed by atoms with E-state index in [4.69, 9.17) is 0 Å². The average Bonchev–Trinajstić information content (AvgIpc) is 2.39. The fourth-order valence-electron chi connectivity index (χ4n) is 2.88. The Bertz CT molecular complexity index is 442. The number of hydrogen-bond donors (Lipinski definition) is 0. The van der Waals surface area contributed by atoms with Crippen LogP contribution in [0.4, 0.5) is 0 Å². The molecule has 20 heavy (non-hydrogen) atoms. The largest absolute Gasteiger partial charge is 0.299 e. The monoisotopic (exact) mass is 271 g/mol. The van der Waals surface area contributed by atoms with Crippen LogP contribution in [0.25, 0.3) is 6.08 Å². The van der Waals surface area contributed by atoms with E-state index in [1.54, 1.807) is 0 Å². The Kier molecular flexibility index (Phi) is 5.04. The molecule has 1 heteroatoms. The minimum atomic E-state index is 0.241. The molecule has 0 amide bonds. The predicted octanol–water partition coefficient (Wildman–Crippen LogP) is 4.87. The Morgan fingerprint density at radius 1 is 1.05 bits per heavy atom. The highest BCUT2D eigenvalue weighted by Gasteiger charge is 2.13. The molecule has 1 aliphatic rings. The van der Waals surface area contributed by atoms with Crippen molar-refractivity contribution in [2.24, 2.45) is 0 Å². The van der Waals surface area contributed by atoms with Crippen molar-refractivity contribution < 1.29 is 0 Å². The Morgan fingerprint density at radius 2 is 1.65 bits per heavy atom. The highest BCUT2D eigenvalue weighted by atomic mass is 15.1. The Balaban J connectivity index is 1.98. The van der Waals surface area contributed by atoms with Gasteiger partial charge in [-0.1, -0.05) is 63.1 Å². The van der Waals surface area contributed by atoms with E-state index in [1.165, 1.54) is 49.1 Å². The summed E-state index contributed by atoms with van der Waals surface area (Å²) in [7, 11) is 0. The maximum absolute atomic E-state index is 2.58. The van der Waals surface area contributed by atoms with Gasteiger partial charge in [0.25, 0.3) is 0 Å². The summed E-state index contributed by atoms with van der Waals surface area (Å²) in [5.74, 6) is 0. The molecule has 1 aliphatic heterocycles. The molecule has 0 aromatic heterocycles. The number of benzene rings is 1. The van der Waals surface area contributed by atoms with Gasteiger partial charge in [0, 0.05) is 6.54 Å². The van der Waals surface area contributed by atoms with Crippen LogP contribution in [0.5, 0.6) is 0 Å². The second-order valence-corrected chi connectivity index (χ2v) is 7.20. The summed E-state index contributed by atoms with van der Waals surface area (Å²) in [6, 6.07) is 9.03. The zero-order valence-electron chi connectivity index (χ0n) is 13.6. The number of hydrogen-bond acceptors (Lipinski definition) is 1. The summed E-state index contributed by atoms with van der Waals surface area (Å²) in [6.07, 6.45) is 6.48. The Hall–Kier alpha value is -1.08. The molecule has 0 aliphatic carbocycles. The summed E-state index contributed by atoms with van der Waals surface area (Å²) < 4.78 is 0. The maximum Gasteiger partial charge on any atom is 0.0193 e. The average molecular weight is 271 g/mol. The molecule has 0 atom stereocenters. The van der Waals surface area contributed by atoms with Gasteiger partial charge < -0.3 is 0 Å². The fraction of sp³-hybridized carbons (Fsp3) is 0.579. The van der Waals surface area contributed by atoms with Gasteiger partial charge >= 0.3 is 0 Å². The molecule has 0 spiro atoms. The Labute approximate surface area is 124 Å². The van der Waals surface area contributed by atoms with Gasteiger partial charge in [0.1, 0.15) is 0 Å². The molecule has 0 N–H and O–H groups in total. The summed E-state index contributed by atoms with van der Waals surface area (Å²) >= 11 is 0. The fourth-order valence-corrected chi connectivity index (χ4v) is 2.88. The van der Waals surface area contributed by atoms with Gasteiger partial charge in [0.15, 0.2) is 0 Å². The SMILES string of the molecule is CC(=Cc1ccc(C(C)(C)C)cc1)CN1CCCCC1. The van der Waals surface area contributed by atoms with Crippen LogP contribution >= 0.6 is 0 Å². The molecular formula is C19H29N. The lowest BCUT2D eigenvalue weighted by Gasteiger charge is -2.26. The van der Waals surface area contributed by atoms with Crippen molar-refractivity contribution in [1.82, 2.24) is 4.90 Å². The molecule has 1 aromatic rings. The smallest absolute Gasteiger partial charge is 0.0193 e. The Morgan fingerprint density at radius 3 is 2.20 bits per heavy atom. The van der Waals surface area contributed by atoms with E-state index in [1.807, 2.05) is 0 Å². The van der Waals surface area contributed by atoms with Crippen LogP contribution in [0.1, 0.15) is 58.1 Å². The first-order chi connectivity index (χ1) is 9.45. The molecule has 0 bridgehead atoms. The van der Waals surface area contributed by atoms with Crippen molar-refractivity contribution in [1.29, 1.82) is 0 Å². The second-order valence-electron chi connectivity index (χ2n) is 7.20. The molecule has 1 saturated heterocycles. The molecule has 1 fully saturated rings. The van der Waals surface area contributed by atoms with Crippen LogP contribution in [0.3, 0.4) is 0 Å². The minimum absolute atomic E-state index is 0.241. The van der Waals surface area contributed by atoms with Gasteiger partial charge in [-0.15, -0.1) is 0 Å². The van der Waals surface area contributed by atoms with Gasteiger partial charge in [0.05, 0.1) is 0 Å². The van der Waals surface area contributed by atoms with Crippen molar-refractivity contribution in [2.45, 2.75) is 52.4 Å². The summed E-state index contributed by atoms with van der Waals surface area (Å²) in [6.45, 7) is 12.7. The molecular weight excluding hydrogens is 242 g/mol. The van der Waals surface area contributed by atoms with Gasteiger partial charge in [-0.05, 0) is 49.4 Å². The topological polar surface area (TPSA) is 3.24 Å². The highest BCUT2D eigenvalue weighted by molar-refractivity contribution is 5.53. The van der Waals surface area contributed by atoms with Crippen molar-refractivity contribution in [3.05, 3.63) is 41.0 Å². The molecule has 0 unspecified atom stereocenters. The molecule has 1 heterocycles. The number of rotatable bonds is 3. The minimum Gasteiger partial charge on any atom is -0.299 e. The highest BCUT2D eigenvalue weighted by Crippen LogP contribution is 2.23. The lowest BCUT2D eigenvalue weighted by molar-refractivity contribution is 0.247. The van der Waals surface area contributed by atoms with Gasteiger partial charge in [0.2, 0.25) is 0 Å². The zero-order chi connectivity index (χ0) is 14.6. The molecule has 1 aromatic carbocycles. The molecule has 1 nitrogen and oxygen atoms in total. The van der Waals surface area contributed by atoms with E-state index in [2.05, 4.69) is 62.9 Å². The van der Waals surface area contributed by atoms with E-state index in [-0.39, 0.29) is 5.41 Å². The number of nitrogens with zero attached hydrogens (tertiary/aromatic N) is 1. The zero-order valence-corrected chi connectivity index (χ0v) is 13.6. The predicted molar refractivity (Wildman–Crippen MR) is 89.1 cm³/mol. The second kappa shape index (κ2) is 6.58. The molecule has 0 saturated carbocycles. The van der Waals surface area contributed by atoms with E-state index < -0.39 is 0 Å². The van der Waals surface area contributed by atoms with Crippen LogP contribution in [-0.2, 0) is 5.41 Å². The maximum atomic E-state index is 2.58. The van der Waals surface area contributed by atoms with E-state index in [0.29, 0.717) is 0 Å². The first-order valence-electron chi connectivity index (χ1n) is 7.95. The van der Waals surface area contributed by atoms with Crippen LogP contribution in [0, 0.1) is 0 Å². The third kappa shape index (κ3) is 4.49. The third-order valence-corrected chi connectivity index (χ3v) is 4.11. The first-order valence-corrected chi connectivity index (χ1v) is 7.95. The lowest BCUT2D eigenvalue weighted by atomic mass is 9.86. The lowest BCUT2D eigenvalue weighted by Crippen LogP contribution is -2.30. The van der Waals surface area contributed by atoms with Crippen molar-refractivity contribution in [2.75, 3.05) is 19.6 Å². The number of piperidine rings is 1. The van der Waals surface area contributed by atoms with Crippen LogP contribution in [-0.4, -0.2) is 24.5 Å². The standard InChI is InChI=1S/C19H29N/c1-16(15-20-12-6-5-7-13-20)14-17-8-10-18(11-9-17)19(2,3)4/h8-11,14H,5-7,12-13,15H2,1-4H3. The van der Waals surface area contributed by atoms with Gasteiger partial charge in [-0.2, -0.15) is 0 Å². The molecule has 0 radical (unpaired) electrons. The normalized spacial score (nSPS) is 18.3. The van der Waals surface area contributed by atoms with Crippen LogP contribution in [0.15, 0.2) is 29.8 Å². The van der Waals surface area contributed by atoms with Crippen LogP contribution < -0.4 is 0 Å². The van der Waals surface area contributed by atoms with E-state index >= 15 is 0 Å². The van der Waals surface area contributed by atoms with Crippen molar-refractivity contribution >= 4 is 6.08 Å². The first kappa shape index (κ1) is 15.3. The van der Waals surface area contributed by atoms with E-state index in [9.17, 15) is 0 Å². The summed E-state index contributed by atoms with van der Waals surface area (Å²) in [5.41, 5.74) is 4.44. The summed E-state index contributed by atoms with van der Waals surface area (Å²) in [5, 5.41) is 0. The van der Waals surface area contributed by atoms with Crippen molar-refractivity contribution in [3.63, 3.8) is 0 Å². The van der Waals surface area contributed by atoms with Gasteiger partial charge in [-0.3, -0.25) is 4.90 Å². The third-order valence-electron chi connectivity index (χ3n) is 4.11. The molecule has 110 valence electrons. The number of likely N-dealkylation sites (tertiary alicyclic amines) is 1. The van der Waals surface area contributed by atoms with E-state index in [0.717, 1.165) is 6.54 Å². The van der Waals surface area contributed by atoms with Crippen molar-refractivity contribution in [3.8, 4) is 0 Å². The van der Waals surface area contributed by atoms with Crippen LogP contribution in [0.2, 0.25) is 0 Å². The quantitative estimate of drug-likeness (QED) is 0.758. The summed E-state index contributed by atoms with van der Waals surface area (Å²) in [4.78, 5) is 2.58. The van der Waals surface area contributed by atoms with Gasteiger partial charge in [-0.25, -0.2) is 0 Å².